The van der Waals surface area contributed by atoms with E-state index in [-0.39, 0.29) is 11.8 Å². The van der Waals surface area contributed by atoms with E-state index in [2.05, 4.69) is 21.2 Å². The number of aromatic amines is 1. The van der Waals surface area contributed by atoms with Crippen molar-refractivity contribution in [2.24, 2.45) is 5.73 Å². The lowest BCUT2D eigenvalue weighted by Crippen LogP contribution is -2.12. The van der Waals surface area contributed by atoms with E-state index < -0.39 is 11.6 Å². The number of amides is 2. The third-order valence-corrected chi connectivity index (χ3v) is 4.99. The fourth-order valence-electron chi connectivity index (χ4n) is 3.19. The number of nitrogens with two attached hydrogens (primary N) is 1. The molecule has 0 saturated carbocycles. The largest absolute Gasteiger partial charge is 0.370 e. The number of fused-ring (bicyclic) bond motifs is 1. The second kappa shape index (κ2) is 16.7. The molecule has 4 N–H and O–H groups in total. The number of H-pyrrole nitrogens is 1. The van der Waals surface area contributed by atoms with Crippen LogP contribution in [0.25, 0.3) is 10.9 Å². The summed E-state index contributed by atoms with van der Waals surface area (Å²) in [5.41, 5.74) is 8.19. The van der Waals surface area contributed by atoms with Gasteiger partial charge in [0.05, 0.1) is 13.4 Å². The number of hydrogen-bond acceptors (Lipinski definition) is 3. The molecule has 0 unspecified atom stereocenters. The van der Waals surface area contributed by atoms with Gasteiger partial charge in [0.15, 0.2) is 5.82 Å². The maximum atomic E-state index is 13.4. The molecule has 0 saturated heterocycles. The number of anilines is 1. The number of rotatable bonds is 6. The van der Waals surface area contributed by atoms with Crippen molar-refractivity contribution in [1.29, 1.82) is 0 Å². The Morgan fingerprint density at radius 1 is 0.895 bits per heavy atom. The van der Waals surface area contributed by atoms with Gasteiger partial charge in [-0.25, -0.2) is 8.78 Å². The van der Waals surface area contributed by atoms with Crippen LogP contribution in [-0.4, -0.2) is 29.9 Å². The molecule has 0 aliphatic carbocycles. The minimum absolute atomic E-state index is 0.245. The van der Waals surface area contributed by atoms with Crippen molar-refractivity contribution in [2.75, 3.05) is 5.32 Å². The van der Waals surface area contributed by atoms with E-state index in [1.54, 1.807) is 31.2 Å². The number of nitrogens with one attached hydrogen (secondary N) is 2. The molecular weight excluding hydrogens is 485 g/mol. The second-order valence-electron chi connectivity index (χ2n) is 7.58. The summed E-state index contributed by atoms with van der Waals surface area (Å²) in [6.45, 7) is 9.72. The highest BCUT2D eigenvalue weighted by Crippen LogP contribution is 2.24. The molecule has 200 valence electrons. The van der Waals surface area contributed by atoms with Gasteiger partial charge in [-0.1, -0.05) is 64.7 Å². The number of hydrogen-bond donors (Lipinski definition) is 3. The monoisotopic (exact) mass is 520 g/mol. The van der Waals surface area contributed by atoms with Gasteiger partial charge in [-0.05, 0) is 53.9 Å². The quantitative estimate of drug-likeness (QED) is 0.261. The van der Waals surface area contributed by atoms with Crippen LogP contribution in [-0.2, 0) is 17.5 Å². The highest BCUT2D eigenvalue weighted by molar-refractivity contribution is 6.09. The molecule has 38 heavy (non-hydrogen) atoms. The zero-order chi connectivity index (χ0) is 28.7. The van der Waals surface area contributed by atoms with Gasteiger partial charge < -0.3 is 11.1 Å². The molecule has 2 amide bonds. The Balaban J connectivity index is 0.000000709. The van der Waals surface area contributed by atoms with Gasteiger partial charge in [-0.2, -0.15) is 5.10 Å². The van der Waals surface area contributed by atoms with E-state index in [1.807, 2.05) is 45.9 Å². The maximum absolute atomic E-state index is 13.4. The van der Waals surface area contributed by atoms with Crippen LogP contribution < -0.4 is 11.1 Å². The lowest BCUT2D eigenvalue weighted by Gasteiger charge is -2.06. The highest BCUT2D eigenvalue weighted by atomic mass is 19.1. The SMILES string of the molecule is CC.CC.CCC(N)=O.[B]Cc1ccc(C(=O)Nc2n[nH]c3ccc(Cc4cc(F)cc(F)c4)cc23)cc1. The normalized spacial score (nSPS) is 9.66. The van der Waals surface area contributed by atoms with Crippen molar-refractivity contribution < 1.29 is 18.4 Å². The summed E-state index contributed by atoms with van der Waals surface area (Å²) in [5.74, 6) is -1.37. The van der Waals surface area contributed by atoms with Crippen LogP contribution in [0.1, 0.15) is 68.1 Å². The lowest BCUT2D eigenvalue weighted by atomic mass is 9.96. The smallest absolute Gasteiger partial charge is 0.256 e. The fraction of sp³-hybridized carbons (Fsp3) is 0.276. The number of nitrogens with zero attached hydrogens (tertiary/aromatic N) is 1. The van der Waals surface area contributed by atoms with Crippen molar-refractivity contribution in [2.45, 2.75) is 53.8 Å². The first-order valence-electron chi connectivity index (χ1n) is 12.6. The van der Waals surface area contributed by atoms with E-state index in [4.69, 9.17) is 7.85 Å². The van der Waals surface area contributed by atoms with Gasteiger partial charge in [0.2, 0.25) is 5.91 Å². The Bertz CT molecular complexity index is 1290. The van der Waals surface area contributed by atoms with Crippen LogP contribution in [0.3, 0.4) is 0 Å². The molecule has 9 heteroatoms. The van der Waals surface area contributed by atoms with Crippen LogP contribution in [0.5, 0.6) is 0 Å². The molecule has 3 aromatic carbocycles. The number of primary amides is 1. The van der Waals surface area contributed by atoms with E-state index in [0.29, 0.717) is 41.5 Å². The number of carbonyl (C=O) groups is 2. The van der Waals surface area contributed by atoms with Crippen molar-refractivity contribution in [3.63, 3.8) is 0 Å². The number of benzene rings is 3. The molecule has 0 bridgehead atoms. The van der Waals surface area contributed by atoms with Gasteiger partial charge in [-0.3, -0.25) is 14.7 Å². The van der Waals surface area contributed by atoms with E-state index in [1.165, 1.54) is 12.1 Å². The number of carbonyl (C=O) groups excluding carboxylic acids is 2. The molecule has 0 fully saturated rings. The standard InChI is InChI=1S/C22H16BF2N3O.C3H7NO.2C2H6/c23-12-13-1-4-16(5-2-13)22(29)26-21-19-10-14(3-6-20(19)27-28-21)7-15-8-17(24)11-18(25)9-15;1-2-3(4)5;2*1-2/h1-6,8-11H,7,12H2,(H2,26,27,28,29);2H2,1H3,(H2,4,5);2*1-2H3. The molecule has 6 nitrogen and oxygen atoms in total. The fourth-order valence-corrected chi connectivity index (χ4v) is 3.19. The highest BCUT2D eigenvalue weighted by Gasteiger charge is 2.12. The van der Waals surface area contributed by atoms with Crippen LogP contribution in [0, 0.1) is 11.6 Å². The average molecular weight is 520 g/mol. The molecule has 2 radical (unpaired) electrons. The third-order valence-electron chi connectivity index (χ3n) is 4.99. The summed E-state index contributed by atoms with van der Waals surface area (Å²) in [6.07, 6.45) is 1.20. The van der Waals surface area contributed by atoms with Crippen LogP contribution in [0.4, 0.5) is 14.6 Å². The van der Waals surface area contributed by atoms with Gasteiger partial charge in [0.25, 0.3) is 5.91 Å². The van der Waals surface area contributed by atoms with Crippen molar-refractivity contribution in [1.82, 2.24) is 10.2 Å². The maximum Gasteiger partial charge on any atom is 0.256 e. The Morgan fingerprint density at radius 3 is 1.97 bits per heavy atom. The Hall–Kier alpha value is -4.01. The molecule has 4 rings (SSSR count). The van der Waals surface area contributed by atoms with E-state index >= 15 is 0 Å². The number of aromatic nitrogens is 2. The lowest BCUT2D eigenvalue weighted by molar-refractivity contribution is -0.117. The topological polar surface area (TPSA) is 101 Å². The summed E-state index contributed by atoms with van der Waals surface area (Å²) in [4.78, 5) is 22.1. The summed E-state index contributed by atoms with van der Waals surface area (Å²) in [7, 11) is 5.58. The Kier molecular flexibility index (Phi) is 14.1. The van der Waals surface area contributed by atoms with E-state index in [9.17, 15) is 18.4 Å². The molecule has 0 spiro atoms. The van der Waals surface area contributed by atoms with Crippen LogP contribution in [0.2, 0.25) is 0 Å². The predicted octanol–water partition coefficient (Wildman–Crippen LogP) is 6.29. The zero-order valence-corrected chi connectivity index (χ0v) is 22.6. The molecule has 1 heterocycles. The first-order valence-corrected chi connectivity index (χ1v) is 12.6. The summed E-state index contributed by atoms with van der Waals surface area (Å²) in [5, 5.41) is 10.6. The molecule has 0 aliphatic rings. The van der Waals surface area contributed by atoms with Crippen LogP contribution >= 0.6 is 0 Å². The minimum Gasteiger partial charge on any atom is -0.370 e. The molecule has 0 atom stereocenters. The Morgan fingerprint density at radius 2 is 1.45 bits per heavy atom. The van der Waals surface area contributed by atoms with Gasteiger partial charge >= 0.3 is 0 Å². The number of halogens is 2. The third kappa shape index (κ3) is 9.80. The minimum atomic E-state index is -0.613. The first-order chi connectivity index (χ1) is 18.3. The van der Waals surface area contributed by atoms with E-state index in [0.717, 1.165) is 22.7 Å². The molecule has 0 aliphatic heterocycles. The summed E-state index contributed by atoms with van der Waals surface area (Å²) >= 11 is 0. The zero-order valence-electron chi connectivity index (χ0n) is 22.6. The van der Waals surface area contributed by atoms with Gasteiger partial charge in [0.1, 0.15) is 11.6 Å². The molecule has 1 aromatic heterocycles. The predicted molar refractivity (Wildman–Crippen MR) is 151 cm³/mol. The summed E-state index contributed by atoms with van der Waals surface area (Å²) < 4.78 is 26.9. The summed E-state index contributed by atoms with van der Waals surface area (Å²) in [6, 6.07) is 16.0. The molecule has 4 aromatic rings. The average Bonchev–Trinajstić information content (AvgIpc) is 3.32. The van der Waals surface area contributed by atoms with Crippen molar-refractivity contribution in [3.8, 4) is 0 Å². The van der Waals surface area contributed by atoms with Crippen LogP contribution in [0.15, 0.2) is 60.7 Å². The van der Waals surface area contributed by atoms with Gasteiger partial charge in [0, 0.05) is 23.4 Å². The Labute approximate surface area is 224 Å². The molecular formula is C29H35BF2N4O2. The van der Waals surface area contributed by atoms with Crippen molar-refractivity contribution >= 4 is 36.4 Å². The van der Waals surface area contributed by atoms with Crippen molar-refractivity contribution in [3.05, 3.63) is 94.6 Å². The first kappa shape index (κ1) is 32.0. The van der Waals surface area contributed by atoms with Gasteiger partial charge in [-0.15, -0.1) is 0 Å². The second-order valence-corrected chi connectivity index (χ2v) is 7.58.